The number of fused-ring (bicyclic) bond motifs is 4. The van der Waals surface area contributed by atoms with E-state index >= 15 is 0 Å². The van der Waals surface area contributed by atoms with E-state index in [2.05, 4.69) is 33.7 Å². The van der Waals surface area contributed by atoms with Crippen LogP contribution >= 0.6 is 7.75 Å². The highest BCUT2D eigenvalue weighted by molar-refractivity contribution is 7.51. The van der Waals surface area contributed by atoms with Gasteiger partial charge in [-0.1, -0.05) is 24.3 Å². The van der Waals surface area contributed by atoms with Gasteiger partial charge in [0.25, 0.3) is 0 Å². The Morgan fingerprint density at radius 2 is 2.07 bits per heavy atom. The second-order valence-electron chi connectivity index (χ2n) is 8.10. The molecule has 5 rings (SSSR count). The molecule has 3 aliphatic rings. The second kappa shape index (κ2) is 9.29. The molecule has 3 fully saturated rings. The summed E-state index contributed by atoms with van der Waals surface area (Å²) in [6.07, 6.45) is 6.15. The smallest absolute Gasteiger partial charge is 0.298 e. The predicted molar refractivity (Wildman–Crippen MR) is 120 cm³/mol. The van der Waals surface area contributed by atoms with E-state index in [1.54, 1.807) is 0 Å². The first-order valence-electron chi connectivity index (χ1n) is 11.0. The van der Waals surface area contributed by atoms with Gasteiger partial charge in [-0.3, -0.25) is 18.9 Å². The summed E-state index contributed by atoms with van der Waals surface area (Å²) in [5.74, 6) is 1.13. The van der Waals surface area contributed by atoms with Gasteiger partial charge in [-0.25, -0.2) is 9.65 Å². The minimum Gasteiger partial charge on any atom is -0.298 e. The van der Waals surface area contributed by atoms with Crippen LogP contribution in [0.25, 0.3) is 10.9 Å². The Morgan fingerprint density at radius 3 is 2.73 bits per heavy atom. The molecule has 0 amide bonds. The molecule has 7 heteroatoms. The van der Waals surface area contributed by atoms with Gasteiger partial charge in [0.05, 0.1) is 24.8 Å². The molecule has 4 heterocycles. The maximum absolute atomic E-state index is 13.5. The lowest BCUT2D eigenvalue weighted by Gasteiger charge is -2.52. The molecule has 0 spiro atoms. The van der Waals surface area contributed by atoms with Crippen molar-refractivity contribution in [2.45, 2.75) is 38.8 Å². The fourth-order valence-electron chi connectivity index (χ4n) is 5.10. The fraction of sp³-hybridized carbons (Fsp3) is 0.522. The van der Waals surface area contributed by atoms with E-state index in [-0.39, 0.29) is 12.1 Å². The van der Waals surface area contributed by atoms with Gasteiger partial charge in [0, 0.05) is 24.2 Å². The monoisotopic (exact) mass is 429 g/mol. The standard InChI is InChI=1S/C23H32N3O3P/c1-4-17-16-26-14-12-18(17)15-22(26)23(25-30(27,28-5-2)29-6-3)20-11-13-24-21-10-8-7-9-19(20)21/h4,7-11,13,17-18,22-23H,1,5-6,12,14-16H2,2-3H3,(H,25,27). The number of nitrogens with one attached hydrogen (secondary N) is 1. The number of piperidine rings is 3. The first-order chi connectivity index (χ1) is 14.6. The van der Waals surface area contributed by atoms with Gasteiger partial charge >= 0.3 is 7.75 Å². The van der Waals surface area contributed by atoms with Crippen LogP contribution in [0.15, 0.2) is 49.2 Å². The molecule has 1 aromatic heterocycles. The van der Waals surface area contributed by atoms with Crippen molar-refractivity contribution in [1.29, 1.82) is 0 Å². The highest BCUT2D eigenvalue weighted by atomic mass is 31.2. The summed E-state index contributed by atoms with van der Waals surface area (Å²) in [5.41, 5.74) is 2.03. The van der Waals surface area contributed by atoms with Crippen molar-refractivity contribution < 1.29 is 13.6 Å². The minimum absolute atomic E-state index is 0.185. The summed E-state index contributed by atoms with van der Waals surface area (Å²) >= 11 is 0. The molecular formula is C23H32N3O3P. The third-order valence-corrected chi connectivity index (χ3v) is 8.24. The Bertz CT molecular complexity index is 922. The molecule has 2 bridgehead atoms. The number of aromatic nitrogens is 1. The molecule has 162 valence electrons. The number of benzene rings is 1. The summed E-state index contributed by atoms with van der Waals surface area (Å²) in [4.78, 5) is 7.04. The molecule has 1 aromatic carbocycles. The van der Waals surface area contributed by atoms with Crippen LogP contribution in [-0.2, 0) is 13.6 Å². The second-order valence-corrected chi connectivity index (χ2v) is 9.87. The zero-order valence-electron chi connectivity index (χ0n) is 17.9. The lowest BCUT2D eigenvalue weighted by Crippen LogP contribution is -2.56. The van der Waals surface area contributed by atoms with Gasteiger partial charge in [-0.2, -0.15) is 0 Å². The van der Waals surface area contributed by atoms with E-state index in [1.807, 2.05) is 44.3 Å². The molecule has 30 heavy (non-hydrogen) atoms. The average Bonchev–Trinajstić information content (AvgIpc) is 2.78. The Balaban J connectivity index is 1.76. The Morgan fingerprint density at radius 1 is 1.30 bits per heavy atom. The summed E-state index contributed by atoms with van der Waals surface area (Å²) in [6.45, 7) is 10.4. The third kappa shape index (κ3) is 4.25. The molecule has 3 saturated heterocycles. The number of para-hydroxylation sites is 1. The van der Waals surface area contributed by atoms with Crippen molar-refractivity contribution in [1.82, 2.24) is 15.0 Å². The zero-order valence-corrected chi connectivity index (χ0v) is 18.8. The van der Waals surface area contributed by atoms with Gasteiger partial charge in [0.2, 0.25) is 0 Å². The number of hydrogen-bond donors (Lipinski definition) is 1. The highest BCUT2D eigenvalue weighted by Gasteiger charge is 2.45. The summed E-state index contributed by atoms with van der Waals surface area (Å²) in [6, 6.07) is 10.2. The van der Waals surface area contributed by atoms with E-state index in [9.17, 15) is 4.57 Å². The van der Waals surface area contributed by atoms with E-state index < -0.39 is 7.75 Å². The molecule has 2 aromatic rings. The SMILES string of the molecule is C=CC1CN2CCC1CC2C(NP(=O)(OCC)OCC)c1ccnc2ccccc12. The lowest BCUT2D eigenvalue weighted by atomic mass is 9.73. The Kier molecular flexibility index (Phi) is 6.71. The lowest BCUT2D eigenvalue weighted by molar-refractivity contribution is 0.00315. The predicted octanol–water partition coefficient (Wildman–Crippen LogP) is 4.94. The summed E-state index contributed by atoms with van der Waals surface area (Å²) in [5, 5.41) is 4.41. The normalized spacial score (nSPS) is 27.3. The first kappa shape index (κ1) is 21.7. The van der Waals surface area contributed by atoms with E-state index in [1.165, 1.54) is 6.42 Å². The van der Waals surface area contributed by atoms with Crippen LogP contribution < -0.4 is 5.09 Å². The molecule has 0 radical (unpaired) electrons. The molecule has 5 unspecified atom stereocenters. The van der Waals surface area contributed by atoms with Crippen molar-refractivity contribution in [3.05, 3.63) is 54.7 Å². The van der Waals surface area contributed by atoms with Crippen LogP contribution in [0.4, 0.5) is 0 Å². The number of rotatable bonds is 9. The highest BCUT2D eigenvalue weighted by Crippen LogP contribution is 2.50. The van der Waals surface area contributed by atoms with Crippen molar-refractivity contribution >= 4 is 18.6 Å². The first-order valence-corrected chi connectivity index (χ1v) is 12.5. The van der Waals surface area contributed by atoms with Gasteiger partial charge in [-0.15, -0.1) is 6.58 Å². The van der Waals surface area contributed by atoms with Crippen molar-refractivity contribution in [3.63, 3.8) is 0 Å². The van der Waals surface area contributed by atoms with Gasteiger partial charge in [-0.05, 0) is 62.8 Å². The third-order valence-electron chi connectivity index (χ3n) is 6.45. The maximum Gasteiger partial charge on any atom is 0.406 e. The van der Waals surface area contributed by atoms with Gasteiger partial charge in [0.15, 0.2) is 0 Å². The van der Waals surface area contributed by atoms with Gasteiger partial charge in [0.1, 0.15) is 0 Å². The quantitative estimate of drug-likeness (QED) is 0.450. The van der Waals surface area contributed by atoms with Crippen LogP contribution in [0.3, 0.4) is 0 Å². The maximum atomic E-state index is 13.5. The topological polar surface area (TPSA) is 63.7 Å². The van der Waals surface area contributed by atoms with E-state index in [0.29, 0.717) is 25.0 Å². The Labute approximate surface area is 179 Å². The molecule has 0 aliphatic carbocycles. The van der Waals surface area contributed by atoms with Crippen molar-refractivity contribution in [3.8, 4) is 0 Å². The van der Waals surface area contributed by atoms with Crippen LogP contribution in [0.1, 0.15) is 38.3 Å². The molecule has 6 nitrogen and oxygen atoms in total. The van der Waals surface area contributed by atoms with Crippen molar-refractivity contribution in [2.24, 2.45) is 11.8 Å². The van der Waals surface area contributed by atoms with Crippen molar-refractivity contribution in [2.75, 3.05) is 26.3 Å². The molecule has 1 N–H and O–H groups in total. The van der Waals surface area contributed by atoms with Crippen LogP contribution in [0.2, 0.25) is 0 Å². The molecular weight excluding hydrogens is 397 g/mol. The summed E-state index contributed by atoms with van der Waals surface area (Å²) in [7, 11) is -3.45. The molecule has 0 saturated carbocycles. The van der Waals surface area contributed by atoms with E-state index in [4.69, 9.17) is 9.05 Å². The van der Waals surface area contributed by atoms with E-state index in [0.717, 1.165) is 36.0 Å². The average molecular weight is 430 g/mol. The minimum atomic E-state index is -3.45. The Hall–Kier alpha value is -1.56. The fourth-order valence-corrected chi connectivity index (χ4v) is 6.65. The number of nitrogens with zero attached hydrogens (tertiary/aromatic N) is 2. The van der Waals surface area contributed by atoms with Gasteiger partial charge < -0.3 is 0 Å². The van der Waals surface area contributed by atoms with Crippen LogP contribution in [0, 0.1) is 11.8 Å². The van der Waals surface area contributed by atoms with Crippen LogP contribution in [0.5, 0.6) is 0 Å². The number of pyridine rings is 1. The van der Waals surface area contributed by atoms with Crippen LogP contribution in [-0.4, -0.2) is 42.2 Å². The summed E-state index contributed by atoms with van der Waals surface area (Å²) < 4.78 is 24.7. The largest absolute Gasteiger partial charge is 0.406 e. The number of hydrogen-bond acceptors (Lipinski definition) is 5. The zero-order chi connectivity index (χ0) is 21.1. The molecule has 3 aliphatic heterocycles. The molecule has 5 atom stereocenters.